The van der Waals surface area contributed by atoms with Crippen molar-refractivity contribution in [1.82, 2.24) is 0 Å². The van der Waals surface area contributed by atoms with E-state index in [1.54, 1.807) is 31.4 Å². The van der Waals surface area contributed by atoms with Gasteiger partial charge in [0, 0.05) is 16.9 Å². The molecule has 0 saturated heterocycles. The number of amides is 2. The molecule has 264 valence electrons. The smallest absolute Gasteiger partial charge is 0.266 e. The zero-order valence-corrected chi connectivity index (χ0v) is 30.2. The second kappa shape index (κ2) is 16.0. The van der Waals surface area contributed by atoms with Crippen LogP contribution < -0.4 is 14.4 Å². The first-order valence-electron chi connectivity index (χ1n) is 17.0. The Labute approximate surface area is 303 Å². The van der Waals surface area contributed by atoms with Crippen molar-refractivity contribution in [3.8, 4) is 17.2 Å². The van der Waals surface area contributed by atoms with Gasteiger partial charge in [0.25, 0.3) is 11.8 Å². The summed E-state index contributed by atoms with van der Waals surface area (Å²) in [6.07, 6.45) is 0.925. The Morgan fingerprint density at radius 1 is 0.706 bits per heavy atom. The van der Waals surface area contributed by atoms with Gasteiger partial charge in [-0.2, -0.15) is 0 Å². The van der Waals surface area contributed by atoms with Crippen molar-refractivity contribution in [2.75, 3.05) is 12.0 Å². The van der Waals surface area contributed by atoms with E-state index in [-0.39, 0.29) is 36.4 Å². The monoisotopic (exact) mass is 683 g/mol. The van der Waals surface area contributed by atoms with Crippen molar-refractivity contribution in [2.45, 2.75) is 67.7 Å². The van der Waals surface area contributed by atoms with Gasteiger partial charge >= 0.3 is 0 Å². The molecule has 0 spiro atoms. The van der Waals surface area contributed by atoms with Gasteiger partial charge in [-0.05, 0) is 103 Å². The van der Waals surface area contributed by atoms with Crippen LogP contribution in [0.1, 0.15) is 101 Å². The van der Waals surface area contributed by atoms with Gasteiger partial charge < -0.3 is 9.47 Å². The van der Waals surface area contributed by atoms with E-state index in [1.807, 2.05) is 88.4 Å². The van der Waals surface area contributed by atoms with Crippen molar-refractivity contribution in [1.29, 1.82) is 0 Å². The van der Waals surface area contributed by atoms with Gasteiger partial charge in [-0.15, -0.1) is 0 Å². The van der Waals surface area contributed by atoms with E-state index in [0.29, 0.717) is 28.3 Å². The maximum atomic E-state index is 13.1. The summed E-state index contributed by atoms with van der Waals surface area (Å²) in [5.74, 6) is 1.65. The van der Waals surface area contributed by atoms with Gasteiger partial charge in [0.05, 0.1) is 23.9 Å². The Bertz CT molecular complexity index is 2020. The third kappa shape index (κ3) is 8.29. The lowest BCUT2D eigenvalue weighted by atomic mass is 9.78. The van der Waals surface area contributed by atoms with E-state index in [2.05, 4.69) is 45.0 Å². The van der Waals surface area contributed by atoms with E-state index >= 15 is 0 Å². The number of fused-ring (bicyclic) bond motifs is 1. The molecule has 2 amide bonds. The molecule has 0 unspecified atom stereocenters. The van der Waals surface area contributed by atoms with E-state index in [1.165, 1.54) is 10.5 Å². The zero-order valence-electron chi connectivity index (χ0n) is 30.2. The number of hydrogen-bond acceptors (Lipinski definition) is 5. The Balaban J connectivity index is 0.000000329. The highest BCUT2D eigenvalue weighted by Gasteiger charge is 2.37. The van der Waals surface area contributed by atoms with E-state index < -0.39 is 0 Å². The van der Waals surface area contributed by atoms with Crippen molar-refractivity contribution >= 4 is 23.3 Å². The summed E-state index contributed by atoms with van der Waals surface area (Å²) in [6, 6.07) is 34.5. The molecule has 6 rings (SSSR count). The quantitative estimate of drug-likeness (QED) is 0.114. The zero-order chi connectivity index (χ0) is 36.2. The molecule has 0 aliphatic carbocycles. The topological polar surface area (TPSA) is 72.9 Å². The molecule has 0 bridgehead atoms. The Morgan fingerprint density at radius 2 is 1.27 bits per heavy atom. The van der Waals surface area contributed by atoms with Gasteiger partial charge in [-0.3, -0.25) is 14.4 Å². The lowest BCUT2D eigenvalue weighted by Crippen LogP contribution is -2.29. The minimum atomic E-state index is -0.345. The molecule has 6 nitrogen and oxygen atoms in total. The molecule has 5 aromatic carbocycles. The number of benzene rings is 5. The summed E-state index contributed by atoms with van der Waals surface area (Å²) in [6.45, 7) is 14.3. The van der Waals surface area contributed by atoms with Crippen molar-refractivity contribution in [3.05, 3.63) is 154 Å². The molecular weight excluding hydrogens is 634 g/mol. The summed E-state index contributed by atoms with van der Waals surface area (Å²) >= 11 is 0. The molecule has 0 aromatic heterocycles. The number of hydrogen-bond donors (Lipinski definition) is 0. The fourth-order valence-corrected chi connectivity index (χ4v) is 6.07. The van der Waals surface area contributed by atoms with Crippen molar-refractivity contribution in [2.24, 2.45) is 5.92 Å². The maximum Gasteiger partial charge on any atom is 0.266 e. The number of rotatable bonds is 9. The molecule has 0 saturated carbocycles. The highest BCUT2D eigenvalue weighted by Crippen LogP contribution is 2.36. The minimum Gasteiger partial charge on any atom is -0.497 e. The standard InChI is InChI=1S/C31H27NO4.C13H18O.CH4/c1-20-6-5-7-23(18-20)32-29(33)27-17-16-26(19-28(27)30(32)34)36-25-14-10-22(11-15-25)31(2,3)21-8-12-24(35-4)13-9-21;1-5-11-7-6-10(4)8-12(11)13(14)9(2)3;/h5-19H,1-4H3;6-9H,5H2,1-4H3;1H4. The van der Waals surface area contributed by atoms with E-state index in [4.69, 9.17) is 9.47 Å². The molecule has 0 N–H and O–H groups in total. The third-order valence-electron chi connectivity index (χ3n) is 9.18. The number of carbonyl (C=O) groups is 3. The Morgan fingerprint density at radius 3 is 1.84 bits per heavy atom. The van der Waals surface area contributed by atoms with E-state index in [9.17, 15) is 14.4 Å². The number of Topliss-reactive ketones (excluding diaryl/α,β-unsaturated/α-hetero) is 1. The molecule has 0 radical (unpaired) electrons. The van der Waals surface area contributed by atoms with Crippen LogP contribution in [0.25, 0.3) is 0 Å². The predicted octanol–water partition coefficient (Wildman–Crippen LogP) is 11.0. The van der Waals surface area contributed by atoms with Gasteiger partial charge in [0.2, 0.25) is 0 Å². The predicted molar refractivity (Wildman–Crippen MR) is 207 cm³/mol. The average molecular weight is 684 g/mol. The molecule has 51 heavy (non-hydrogen) atoms. The first-order chi connectivity index (χ1) is 23.8. The number of ether oxygens (including phenoxy) is 2. The van der Waals surface area contributed by atoms with Crippen LogP contribution in [-0.4, -0.2) is 24.7 Å². The van der Waals surface area contributed by atoms with Gasteiger partial charge in [-0.25, -0.2) is 4.90 Å². The normalized spacial score (nSPS) is 12.1. The van der Waals surface area contributed by atoms with Crippen LogP contribution in [0.4, 0.5) is 5.69 Å². The van der Waals surface area contributed by atoms with Gasteiger partial charge in [-0.1, -0.05) is 96.1 Å². The minimum absolute atomic E-state index is 0. The fourth-order valence-electron chi connectivity index (χ4n) is 6.07. The molecule has 1 aliphatic rings. The number of aryl methyl sites for hydroxylation is 3. The lowest BCUT2D eigenvalue weighted by molar-refractivity contribution is 0.0920. The van der Waals surface area contributed by atoms with Crippen molar-refractivity contribution < 1.29 is 23.9 Å². The number of anilines is 1. The summed E-state index contributed by atoms with van der Waals surface area (Å²) < 4.78 is 11.3. The number of ketones is 1. The third-order valence-corrected chi connectivity index (χ3v) is 9.18. The molecular formula is C45H49NO5. The fraction of sp³-hybridized carbons (Fsp3) is 0.267. The second-order valence-corrected chi connectivity index (χ2v) is 13.5. The molecule has 5 aromatic rings. The highest BCUT2D eigenvalue weighted by atomic mass is 16.5. The first-order valence-corrected chi connectivity index (χ1v) is 17.0. The van der Waals surface area contributed by atoms with Gasteiger partial charge in [0.1, 0.15) is 17.2 Å². The summed E-state index contributed by atoms with van der Waals surface area (Å²) in [5, 5.41) is 0. The summed E-state index contributed by atoms with van der Waals surface area (Å²) in [7, 11) is 1.66. The van der Waals surface area contributed by atoms with Crippen LogP contribution in [0.2, 0.25) is 0 Å². The number of imide groups is 1. The first kappa shape index (κ1) is 38.3. The van der Waals surface area contributed by atoms with Crippen LogP contribution >= 0.6 is 0 Å². The summed E-state index contributed by atoms with van der Waals surface area (Å²) in [5.41, 5.74) is 7.61. The van der Waals surface area contributed by atoms with Crippen LogP contribution in [0, 0.1) is 19.8 Å². The number of carbonyl (C=O) groups excluding carboxylic acids is 3. The summed E-state index contributed by atoms with van der Waals surface area (Å²) in [4.78, 5) is 39.1. The molecule has 6 heteroatoms. The maximum absolute atomic E-state index is 13.1. The SMILES string of the molecule is C.CCc1ccc(C)cc1C(=O)C(C)C.COc1ccc(C(C)(C)c2ccc(Oc3ccc4c(c3)C(=O)N(c3cccc(C)c3)C4=O)cc2)cc1. The largest absolute Gasteiger partial charge is 0.497 e. The van der Waals surface area contributed by atoms with E-state index in [0.717, 1.165) is 40.0 Å². The molecule has 1 aliphatic heterocycles. The highest BCUT2D eigenvalue weighted by molar-refractivity contribution is 6.34. The van der Waals surface area contributed by atoms with Crippen LogP contribution in [-0.2, 0) is 11.8 Å². The van der Waals surface area contributed by atoms with Crippen LogP contribution in [0.15, 0.2) is 109 Å². The Kier molecular flexibility index (Phi) is 12.0. The molecule has 0 fully saturated rings. The second-order valence-electron chi connectivity index (χ2n) is 13.5. The molecule has 0 atom stereocenters. The number of methoxy groups -OCH3 is 1. The average Bonchev–Trinajstić information content (AvgIpc) is 3.36. The van der Waals surface area contributed by atoms with Gasteiger partial charge in [0.15, 0.2) is 5.78 Å². The van der Waals surface area contributed by atoms with Crippen molar-refractivity contribution in [3.63, 3.8) is 0 Å². The Hall–Kier alpha value is -5.49. The van der Waals surface area contributed by atoms with Crippen LogP contribution in [0.5, 0.6) is 17.2 Å². The lowest BCUT2D eigenvalue weighted by Gasteiger charge is -2.26. The van der Waals surface area contributed by atoms with Crippen LogP contribution in [0.3, 0.4) is 0 Å². The number of nitrogens with zero attached hydrogens (tertiary/aromatic N) is 1. The molecule has 1 heterocycles.